The number of amides is 1. The van der Waals surface area contributed by atoms with Crippen LogP contribution >= 0.6 is 11.3 Å². The van der Waals surface area contributed by atoms with E-state index >= 15 is 0 Å². The highest BCUT2D eigenvalue weighted by molar-refractivity contribution is 7.17. The molecule has 1 amide bonds. The average molecular weight is 363 g/mol. The molecule has 0 saturated carbocycles. The first-order valence-electron chi connectivity index (χ1n) is 8.82. The summed E-state index contributed by atoms with van der Waals surface area (Å²) in [6, 6.07) is 16.2. The maximum Gasteiger partial charge on any atom is 0.268 e. The summed E-state index contributed by atoms with van der Waals surface area (Å²) >= 11 is 1.56. The molecule has 0 bridgehead atoms. The van der Waals surface area contributed by atoms with Gasteiger partial charge in [-0.25, -0.2) is 0 Å². The molecule has 4 rings (SSSR count). The van der Waals surface area contributed by atoms with Crippen LogP contribution in [-0.2, 0) is 6.61 Å². The molecular weight excluding hydrogens is 342 g/mol. The van der Waals surface area contributed by atoms with Crippen molar-refractivity contribution >= 4 is 22.9 Å². The lowest BCUT2D eigenvalue weighted by atomic mass is 10.1. The molecule has 0 fully saturated rings. The van der Waals surface area contributed by atoms with Gasteiger partial charge in [0, 0.05) is 28.2 Å². The number of para-hydroxylation sites is 1. The first-order valence-corrected chi connectivity index (χ1v) is 9.64. The van der Waals surface area contributed by atoms with E-state index in [0.29, 0.717) is 13.2 Å². The molecule has 3 aromatic rings. The summed E-state index contributed by atoms with van der Waals surface area (Å²) in [6.45, 7) is 7.28. The van der Waals surface area contributed by atoms with Crippen LogP contribution in [-0.4, -0.2) is 12.5 Å². The lowest BCUT2D eigenvalue weighted by molar-refractivity contribution is 0.0992. The zero-order valence-corrected chi connectivity index (χ0v) is 16.0. The Morgan fingerprint density at radius 2 is 1.96 bits per heavy atom. The van der Waals surface area contributed by atoms with Crippen LogP contribution < -0.4 is 9.64 Å². The zero-order valence-electron chi connectivity index (χ0n) is 15.2. The maximum atomic E-state index is 13.3. The standard InChI is InChI=1S/C22H21NO2S/c1-4-23(18-11-14(2)9-10-15(18)3)22(24)20-12-16-13-25-19-8-6-5-7-17(19)21(16)26-20/h5-12H,4,13H2,1-3H3. The minimum atomic E-state index is 0.0538. The Morgan fingerprint density at radius 3 is 2.77 bits per heavy atom. The quantitative estimate of drug-likeness (QED) is 0.607. The first kappa shape index (κ1) is 16.9. The predicted molar refractivity (Wildman–Crippen MR) is 107 cm³/mol. The van der Waals surface area contributed by atoms with Crippen molar-refractivity contribution in [1.29, 1.82) is 0 Å². The lowest BCUT2D eigenvalue weighted by Gasteiger charge is -2.23. The number of ether oxygens (including phenoxy) is 1. The third kappa shape index (κ3) is 2.80. The first-order chi connectivity index (χ1) is 12.6. The summed E-state index contributed by atoms with van der Waals surface area (Å²) < 4.78 is 5.83. The average Bonchev–Trinajstić information content (AvgIpc) is 3.10. The van der Waals surface area contributed by atoms with Crippen molar-refractivity contribution in [2.45, 2.75) is 27.4 Å². The highest BCUT2D eigenvalue weighted by Crippen LogP contribution is 2.42. The molecule has 0 atom stereocenters. The van der Waals surface area contributed by atoms with Gasteiger partial charge in [0.15, 0.2) is 0 Å². The van der Waals surface area contributed by atoms with Gasteiger partial charge in [0.2, 0.25) is 0 Å². The van der Waals surface area contributed by atoms with Crippen LogP contribution in [0.4, 0.5) is 5.69 Å². The molecule has 26 heavy (non-hydrogen) atoms. The molecule has 0 unspecified atom stereocenters. The summed E-state index contributed by atoms with van der Waals surface area (Å²) in [5.74, 6) is 0.945. The number of anilines is 1. The van der Waals surface area contributed by atoms with E-state index in [2.05, 4.69) is 31.2 Å². The van der Waals surface area contributed by atoms with Crippen LogP contribution in [0.3, 0.4) is 0 Å². The smallest absolute Gasteiger partial charge is 0.268 e. The summed E-state index contributed by atoms with van der Waals surface area (Å²) in [7, 11) is 0. The largest absolute Gasteiger partial charge is 0.488 e. The van der Waals surface area contributed by atoms with Crippen LogP contribution in [0.5, 0.6) is 5.75 Å². The fourth-order valence-corrected chi connectivity index (χ4v) is 4.52. The van der Waals surface area contributed by atoms with Gasteiger partial charge in [-0.05, 0) is 56.2 Å². The van der Waals surface area contributed by atoms with Gasteiger partial charge in [-0.1, -0.05) is 24.3 Å². The number of hydrogen-bond acceptors (Lipinski definition) is 3. The van der Waals surface area contributed by atoms with Crippen molar-refractivity contribution in [2.24, 2.45) is 0 Å². The SMILES string of the molecule is CCN(C(=O)c1cc2c(s1)-c1ccccc1OC2)c1cc(C)ccc1C. The number of aryl methyl sites for hydroxylation is 2. The molecule has 132 valence electrons. The van der Waals surface area contributed by atoms with Gasteiger partial charge >= 0.3 is 0 Å². The van der Waals surface area contributed by atoms with E-state index in [-0.39, 0.29) is 5.91 Å². The summed E-state index contributed by atoms with van der Waals surface area (Å²) in [5, 5.41) is 0. The molecule has 0 saturated heterocycles. The Bertz CT molecular complexity index is 990. The minimum absolute atomic E-state index is 0.0538. The predicted octanol–water partition coefficient (Wildman–Crippen LogP) is 5.59. The Morgan fingerprint density at radius 1 is 1.15 bits per heavy atom. The number of rotatable bonds is 3. The summed E-state index contributed by atoms with van der Waals surface area (Å²) in [4.78, 5) is 17.0. The molecule has 3 nitrogen and oxygen atoms in total. The normalized spacial score (nSPS) is 12.1. The van der Waals surface area contributed by atoms with E-state index in [9.17, 15) is 4.79 Å². The van der Waals surface area contributed by atoms with E-state index in [4.69, 9.17) is 4.74 Å². The van der Waals surface area contributed by atoms with Crippen molar-refractivity contribution < 1.29 is 9.53 Å². The lowest BCUT2D eigenvalue weighted by Crippen LogP contribution is -2.30. The van der Waals surface area contributed by atoms with Crippen molar-refractivity contribution in [1.82, 2.24) is 0 Å². The van der Waals surface area contributed by atoms with E-state index in [0.717, 1.165) is 43.4 Å². The van der Waals surface area contributed by atoms with Gasteiger partial charge < -0.3 is 9.64 Å². The van der Waals surface area contributed by atoms with Crippen LogP contribution in [0.1, 0.15) is 33.3 Å². The third-order valence-corrected chi connectivity index (χ3v) is 5.95. The monoisotopic (exact) mass is 363 g/mol. The number of carbonyl (C=O) groups excluding carboxylic acids is 1. The van der Waals surface area contributed by atoms with Crippen molar-refractivity contribution in [3.05, 3.63) is 70.1 Å². The van der Waals surface area contributed by atoms with E-state index in [1.54, 1.807) is 11.3 Å². The van der Waals surface area contributed by atoms with Crippen LogP contribution in [0, 0.1) is 13.8 Å². The molecule has 0 aliphatic carbocycles. The molecular formula is C22H21NO2S. The molecule has 2 aromatic carbocycles. The highest BCUT2D eigenvalue weighted by Gasteiger charge is 2.25. The van der Waals surface area contributed by atoms with Crippen molar-refractivity contribution in [2.75, 3.05) is 11.4 Å². The van der Waals surface area contributed by atoms with Crippen LogP contribution in [0.2, 0.25) is 0 Å². The van der Waals surface area contributed by atoms with Gasteiger partial charge in [-0.3, -0.25) is 4.79 Å². The Balaban J connectivity index is 1.73. The summed E-state index contributed by atoms with van der Waals surface area (Å²) in [5.41, 5.74) is 5.42. The molecule has 0 N–H and O–H groups in total. The van der Waals surface area contributed by atoms with E-state index < -0.39 is 0 Å². The number of fused-ring (bicyclic) bond motifs is 3. The minimum Gasteiger partial charge on any atom is -0.488 e. The molecule has 1 aliphatic heterocycles. The van der Waals surface area contributed by atoms with Gasteiger partial charge in [-0.15, -0.1) is 11.3 Å². The van der Waals surface area contributed by atoms with E-state index in [1.165, 1.54) is 0 Å². The number of thiophene rings is 1. The fraction of sp³-hybridized carbons (Fsp3) is 0.227. The number of carbonyl (C=O) groups is 1. The van der Waals surface area contributed by atoms with E-state index in [1.807, 2.05) is 43.0 Å². The van der Waals surface area contributed by atoms with Crippen molar-refractivity contribution in [3.63, 3.8) is 0 Å². The molecule has 1 aliphatic rings. The number of hydrogen-bond donors (Lipinski definition) is 0. The summed E-state index contributed by atoms with van der Waals surface area (Å²) in [6.07, 6.45) is 0. The highest BCUT2D eigenvalue weighted by atomic mass is 32.1. The third-order valence-electron chi connectivity index (χ3n) is 4.75. The van der Waals surface area contributed by atoms with Gasteiger partial charge in [0.05, 0.1) is 4.88 Å². The van der Waals surface area contributed by atoms with Gasteiger partial charge in [-0.2, -0.15) is 0 Å². The van der Waals surface area contributed by atoms with Gasteiger partial charge in [0.1, 0.15) is 12.4 Å². The van der Waals surface area contributed by atoms with Crippen LogP contribution in [0.25, 0.3) is 10.4 Å². The topological polar surface area (TPSA) is 29.5 Å². The fourth-order valence-electron chi connectivity index (χ4n) is 3.37. The molecule has 0 spiro atoms. The van der Waals surface area contributed by atoms with Crippen LogP contribution in [0.15, 0.2) is 48.5 Å². The number of benzene rings is 2. The second kappa shape index (κ2) is 6.61. The Kier molecular flexibility index (Phi) is 4.29. The molecule has 4 heteroatoms. The zero-order chi connectivity index (χ0) is 18.3. The Labute approximate surface area is 157 Å². The maximum absolute atomic E-state index is 13.3. The number of nitrogens with zero attached hydrogens (tertiary/aromatic N) is 1. The second-order valence-corrected chi connectivity index (χ2v) is 7.64. The van der Waals surface area contributed by atoms with Crippen molar-refractivity contribution in [3.8, 4) is 16.2 Å². The second-order valence-electron chi connectivity index (χ2n) is 6.59. The van der Waals surface area contributed by atoms with Gasteiger partial charge in [0.25, 0.3) is 5.91 Å². The molecule has 0 radical (unpaired) electrons. The molecule has 2 heterocycles. The Hall–Kier alpha value is -2.59. The molecule has 1 aromatic heterocycles.